The molecule has 1 unspecified atom stereocenters. The Labute approximate surface area is 212 Å². The molecule has 3 rings (SSSR count). The molecule has 35 heavy (non-hydrogen) atoms. The summed E-state index contributed by atoms with van der Waals surface area (Å²) in [6.45, 7) is 7.58. The molecule has 0 aliphatic carbocycles. The second-order valence-electron chi connectivity index (χ2n) is 8.67. The van der Waals surface area contributed by atoms with Crippen molar-refractivity contribution in [2.24, 2.45) is 0 Å². The van der Waals surface area contributed by atoms with Crippen LogP contribution in [0.25, 0.3) is 0 Å². The number of nitrogens with zero attached hydrogens (tertiary/aromatic N) is 1. The average Bonchev–Trinajstić information content (AvgIpc) is 2.83. The van der Waals surface area contributed by atoms with E-state index in [0.717, 1.165) is 26.7 Å². The fourth-order valence-corrected chi connectivity index (χ4v) is 5.73. The Morgan fingerprint density at radius 1 is 1.00 bits per heavy atom. The van der Waals surface area contributed by atoms with Crippen molar-refractivity contribution < 1.29 is 17.9 Å². The van der Waals surface area contributed by atoms with Gasteiger partial charge in [0.25, 0.3) is 10.0 Å². The molecule has 1 atom stereocenters. The van der Waals surface area contributed by atoms with Gasteiger partial charge in [0.1, 0.15) is 12.3 Å². The first-order valence-corrected chi connectivity index (χ1v) is 13.2. The highest BCUT2D eigenvalue weighted by atomic mass is 35.5. The number of amides is 1. The molecule has 0 radical (unpaired) electrons. The fraction of sp³-hybridized carbons (Fsp3) is 0.296. The molecule has 0 aliphatic heterocycles. The number of para-hydroxylation sites is 1. The highest BCUT2D eigenvalue weighted by Crippen LogP contribution is 2.33. The Balaban J connectivity index is 1.92. The normalized spacial score (nSPS) is 12.3. The third-order valence-electron chi connectivity index (χ3n) is 5.82. The molecular formula is C27H31ClN2O4S. The van der Waals surface area contributed by atoms with Gasteiger partial charge in [-0.1, -0.05) is 55.8 Å². The first-order valence-electron chi connectivity index (χ1n) is 11.4. The molecule has 0 heterocycles. The molecule has 6 nitrogen and oxygen atoms in total. The number of anilines is 1. The van der Waals surface area contributed by atoms with E-state index in [1.54, 1.807) is 49.6 Å². The minimum atomic E-state index is -4.04. The number of ether oxygens (including phenoxy) is 1. The van der Waals surface area contributed by atoms with Crippen LogP contribution in [0.15, 0.2) is 71.6 Å². The summed E-state index contributed by atoms with van der Waals surface area (Å²) >= 11 is 6.34. The molecule has 0 aromatic heterocycles. The van der Waals surface area contributed by atoms with Crippen LogP contribution in [-0.4, -0.2) is 28.0 Å². The summed E-state index contributed by atoms with van der Waals surface area (Å²) < 4.78 is 33.6. The van der Waals surface area contributed by atoms with Crippen molar-refractivity contribution in [1.82, 2.24) is 5.32 Å². The fourth-order valence-electron chi connectivity index (χ4n) is 3.98. The number of benzene rings is 3. The summed E-state index contributed by atoms with van der Waals surface area (Å²) in [5.41, 5.74) is 3.19. The number of carbonyl (C=O) groups excluding carboxylic acids is 1. The standard InChI is InChI=1S/C27H31ClN2O4S/c1-18(2)22-16-23(19(3)15-26(22)34-5)20(4)29-27(31)17-30(25-14-10-9-13-24(25)28)35(32,33)21-11-7-6-8-12-21/h6-16,18,20H,17H2,1-5H3,(H,29,31). The van der Waals surface area contributed by atoms with Gasteiger partial charge in [0.15, 0.2) is 0 Å². The van der Waals surface area contributed by atoms with Gasteiger partial charge in [-0.3, -0.25) is 9.10 Å². The Morgan fingerprint density at radius 2 is 1.63 bits per heavy atom. The van der Waals surface area contributed by atoms with Crippen molar-refractivity contribution in [3.63, 3.8) is 0 Å². The Hall–Kier alpha value is -3.03. The molecule has 0 bridgehead atoms. The van der Waals surface area contributed by atoms with Gasteiger partial charge in [-0.15, -0.1) is 0 Å². The van der Waals surface area contributed by atoms with Crippen LogP contribution in [0.3, 0.4) is 0 Å². The molecular weight excluding hydrogens is 484 g/mol. The van der Waals surface area contributed by atoms with Gasteiger partial charge >= 0.3 is 0 Å². The number of nitrogens with one attached hydrogen (secondary N) is 1. The lowest BCUT2D eigenvalue weighted by atomic mass is 9.93. The van der Waals surface area contributed by atoms with Gasteiger partial charge in [0.2, 0.25) is 5.91 Å². The molecule has 186 valence electrons. The number of halogens is 1. The summed E-state index contributed by atoms with van der Waals surface area (Å²) in [6.07, 6.45) is 0. The van der Waals surface area contributed by atoms with Gasteiger partial charge in [-0.2, -0.15) is 0 Å². The SMILES string of the molecule is COc1cc(C)c(C(C)NC(=O)CN(c2ccccc2Cl)S(=O)(=O)c2ccccc2)cc1C(C)C. The number of methoxy groups -OCH3 is 1. The van der Waals surface area contributed by atoms with Crippen LogP contribution >= 0.6 is 11.6 Å². The van der Waals surface area contributed by atoms with Gasteiger partial charge in [0, 0.05) is 0 Å². The second kappa shape index (κ2) is 11.1. The molecule has 3 aromatic rings. The molecule has 8 heteroatoms. The van der Waals surface area contributed by atoms with E-state index in [4.69, 9.17) is 16.3 Å². The van der Waals surface area contributed by atoms with Crippen LogP contribution in [0.1, 0.15) is 49.4 Å². The number of hydrogen-bond donors (Lipinski definition) is 1. The van der Waals surface area contributed by atoms with E-state index in [1.165, 1.54) is 12.1 Å². The van der Waals surface area contributed by atoms with E-state index in [2.05, 4.69) is 19.2 Å². The topological polar surface area (TPSA) is 75.7 Å². The molecule has 0 aliphatic rings. The van der Waals surface area contributed by atoms with E-state index in [-0.39, 0.29) is 27.6 Å². The van der Waals surface area contributed by atoms with Crippen molar-refractivity contribution in [3.05, 3.63) is 88.4 Å². The maximum absolute atomic E-state index is 13.5. The van der Waals surface area contributed by atoms with E-state index in [1.807, 2.05) is 26.0 Å². The zero-order chi connectivity index (χ0) is 25.8. The monoisotopic (exact) mass is 514 g/mol. The quantitative estimate of drug-likeness (QED) is 0.388. The highest BCUT2D eigenvalue weighted by molar-refractivity contribution is 7.92. The molecule has 0 saturated heterocycles. The number of hydrogen-bond acceptors (Lipinski definition) is 4. The lowest BCUT2D eigenvalue weighted by Gasteiger charge is -2.26. The first kappa shape index (κ1) is 26.6. The van der Waals surface area contributed by atoms with Crippen molar-refractivity contribution in [2.45, 2.75) is 44.6 Å². The van der Waals surface area contributed by atoms with E-state index in [0.29, 0.717) is 0 Å². The predicted octanol–water partition coefficient (Wildman–Crippen LogP) is 5.85. The van der Waals surface area contributed by atoms with Crippen molar-refractivity contribution in [2.75, 3.05) is 18.0 Å². The number of sulfonamides is 1. The van der Waals surface area contributed by atoms with E-state index < -0.39 is 22.5 Å². The smallest absolute Gasteiger partial charge is 0.264 e. The second-order valence-corrected chi connectivity index (χ2v) is 10.9. The number of carbonyl (C=O) groups is 1. The summed E-state index contributed by atoms with van der Waals surface area (Å²) in [5, 5.41) is 3.19. The molecule has 1 amide bonds. The van der Waals surface area contributed by atoms with Crippen LogP contribution in [0, 0.1) is 6.92 Å². The van der Waals surface area contributed by atoms with Crippen LogP contribution in [0.4, 0.5) is 5.69 Å². The van der Waals surface area contributed by atoms with Crippen LogP contribution in [0.5, 0.6) is 5.75 Å². The summed E-state index contributed by atoms with van der Waals surface area (Å²) in [6, 6.07) is 18.2. The maximum atomic E-state index is 13.5. The minimum absolute atomic E-state index is 0.0772. The third-order valence-corrected chi connectivity index (χ3v) is 7.92. The zero-order valence-corrected chi connectivity index (χ0v) is 22.2. The lowest BCUT2D eigenvalue weighted by molar-refractivity contribution is -0.120. The summed E-state index contributed by atoms with van der Waals surface area (Å²) in [4.78, 5) is 13.2. The van der Waals surface area contributed by atoms with Crippen molar-refractivity contribution in [3.8, 4) is 5.75 Å². The Morgan fingerprint density at radius 3 is 2.23 bits per heavy atom. The predicted molar refractivity (Wildman–Crippen MR) is 141 cm³/mol. The molecule has 3 aromatic carbocycles. The van der Waals surface area contributed by atoms with Gasteiger partial charge in [-0.05, 0) is 72.9 Å². The van der Waals surface area contributed by atoms with Crippen LogP contribution in [-0.2, 0) is 14.8 Å². The minimum Gasteiger partial charge on any atom is -0.496 e. The Bertz CT molecular complexity index is 1290. The molecule has 0 spiro atoms. The van der Waals surface area contributed by atoms with Gasteiger partial charge < -0.3 is 10.1 Å². The van der Waals surface area contributed by atoms with Crippen molar-refractivity contribution in [1.29, 1.82) is 0 Å². The van der Waals surface area contributed by atoms with E-state index >= 15 is 0 Å². The molecule has 0 saturated carbocycles. The number of rotatable bonds is 9. The van der Waals surface area contributed by atoms with Gasteiger partial charge in [-0.25, -0.2) is 8.42 Å². The third kappa shape index (κ3) is 5.97. The highest BCUT2D eigenvalue weighted by Gasteiger charge is 2.29. The largest absolute Gasteiger partial charge is 0.496 e. The molecule has 0 fully saturated rings. The maximum Gasteiger partial charge on any atom is 0.264 e. The van der Waals surface area contributed by atoms with E-state index in [9.17, 15) is 13.2 Å². The Kier molecular flexibility index (Phi) is 8.46. The first-order chi connectivity index (χ1) is 16.6. The lowest BCUT2D eigenvalue weighted by Crippen LogP contribution is -2.41. The summed E-state index contributed by atoms with van der Waals surface area (Å²) in [7, 11) is -2.39. The van der Waals surface area contributed by atoms with Crippen LogP contribution in [0.2, 0.25) is 5.02 Å². The average molecular weight is 515 g/mol. The zero-order valence-electron chi connectivity index (χ0n) is 20.6. The molecule has 1 N–H and O–H groups in total. The summed E-state index contributed by atoms with van der Waals surface area (Å²) in [5.74, 6) is 0.593. The van der Waals surface area contributed by atoms with Crippen LogP contribution < -0.4 is 14.4 Å². The van der Waals surface area contributed by atoms with Crippen molar-refractivity contribution >= 4 is 33.2 Å². The number of aryl methyl sites for hydroxylation is 1. The van der Waals surface area contributed by atoms with Gasteiger partial charge in [0.05, 0.1) is 28.8 Å².